The highest BCUT2D eigenvalue weighted by Crippen LogP contribution is 2.37. The van der Waals surface area contributed by atoms with Gasteiger partial charge in [0, 0.05) is 35.3 Å². The molecular weight excluding hydrogens is 545 g/mol. The van der Waals surface area contributed by atoms with Crippen LogP contribution in [0.25, 0.3) is 10.9 Å². The van der Waals surface area contributed by atoms with Crippen LogP contribution >= 0.6 is 15.9 Å². The zero-order valence-electron chi connectivity index (χ0n) is 21.5. The number of hydrogen-bond acceptors (Lipinski definition) is 5. The molecule has 1 unspecified atom stereocenters. The lowest BCUT2D eigenvalue weighted by atomic mass is 9.91. The largest absolute Gasteiger partial charge is 0.497 e. The number of H-pyrrole nitrogens is 1. The van der Waals surface area contributed by atoms with E-state index in [1.807, 2.05) is 20.8 Å². The zero-order chi connectivity index (χ0) is 26.9. The minimum Gasteiger partial charge on any atom is -0.497 e. The van der Waals surface area contributed by atoms with E-state index in [-0.39, 0.29) is 22.6 Å². The van der Waals surface area contributed by atoms with Gasteiger partial charge in [0.25, 0.3) is 5.91 Å². The molecule has 0 fully saturated rings. The Labute approximate surface area is 223 Å². The molecule has 4 rings (SSSR count). The minimum absolute atomic E-state index is 0.170. The molecule has 1 aliphatic carbocycles. The van der Waals surface area contributed by atoms with Gasteiger partial charge in [-0.2, -0.15) is 0 Å². The fourth-order valence-electron chi connectivity index (χ4n) is 4.57. The molecule has 1 aliphatic rings. The average Bonchev–Trinajstić information content (AvgIpc) is 3.22. The third-order valence-corrected chi connectivity index (χ3v) is 7.03. The molecular formula is C27H31BrFN3O5. The van der Waals surface area contributed by atoms with Gasteiger partial charge < -0.3 is 29.8 Å². The Morgan fingerprint density at radius 1 is 1.19 bits per heavy atom. The molecule has 1 atom stereocenters. The molecule has 37 heavy (non-hydrogen) atoms. The van der Waals surface area contributed by atoms with Crippen LogP contribution in [0.2, 0.25) is 0 Å². The van der Waals surface area contributed by atoms with E-state index in [2.05, 4.69) is 31.5 Å². The number of aryl methyl sites for hydroxylation is 1. The summed E-state index contributed by atoms with van der Waals surface area (Å²) in [6, 6.07) is 6.38. The van der Waals surface area contributed by atoms with Crippen molar-refractivity contribution in [3.8, 4) is 11.5 Å². The van der Waals surface area contributed by atoms with Crippen molar-refractivity contribution in [2.45, 2.75) is 58.2 Å². The van der Waals surface area contributed by atoms with Crippen molar-refractivity contribution in [3.05, 3.63) is 56.9 Å². The number of benzene rings is 2. The normalized spacial score (nSPS) is 15.2. The highest BCUT2D eigenvalue weighted by molar-refractivity contribution is 9.10. The molecule has 2 amide bonds. The van der Waals surface area contributed by atoms with Crippen LogP contribution in [0.4, 0.5) is 9.18 Å². The molecule has 2 aromatic carbocycles. The first-order valence-electron chi connectivity index (χ1n) is 12.0. The Kier molecular flexibility index (Phi) is 7.68. The van der Waals surface area contributed by atoms with E-state index in [0.717, 1.165) is 16.8 Å². The van der Waals surface area contributed by atoms with E-state index >= 15 is 4.39 Å². The van der Waals surface area contributed by atoms with Crippen molar-refractivity contribution in [2.75, 3.05) is 14.2 Å². The van der Waals surface area contributed by atoms with Crippen molar-refractivity contribution in [1.29, 1.82) is 0 Å². The first-order valence-corrected chi connectivity index (χ1v) is 12.8. The first-order chi connectivity index (χ1) is 17.5. The lowest BCUT2D eigenvalue weighted by Crippen LogP contribution is -2.41. The number of halogens is 2. The van der Waals surface area contributed by atoms with Gasteiger partial charge in [-0.3, -0.25) is 4.79 Å². The van der Waals surface area contributed by atoms with Gasteiger partial charge in [-0.15, -0.1) is 0 Å². The Morgan fingerprint density at radius 3 is 2.62 bits per heavy atom. The van der Waals surface area contributed by atoms with Gasteiger partial charge in [-0.05, 0) is 79.7 Å². The maximum absolute atomic E-state index is 15.0. The molecule has 8 nitrogen and oxygen atoms in total. The van der Waals surface area contributed by atoms with Crippen molar-refractivity contribution in [3.63, 3.8) is 0 Å². The summed E-state index contributed by atoms with van der Waals surface area (Å²) in [5.74, 6) is 0.255. The summed E-state index contributed by atoms with van der Waals surface area (Å²) in [4.78, 5) is 28.9. The molecule has 0 saturated carbocycles. The summed E-state index contributed by atoms with van der Waals surface area (Å²) in [7, 11) is 3.11. The predicted octanol–water partition coefficient (Wildman–Crippen LogP) is 5.40. The number of fused-ring (bicyclic) bond motifs is 3. The summed E-state index contributed by atoms with van der Waals surface area (Å²) in [5, 5.41) is 6.39. The number of carbonyl (C=O) groups excluding carboxylic acids is 2. The monoisotopic (exact) mass is 575 g/mol. The van der Waals surface area contributed by atoms with Gasteiger partial charge in [-0.25, -0.2) is 9.18 Å². The Hall–Kier alpha value is -3.27. The van der Waals surface area contributed by atoms with Crippen LogP contribution in [0.3, 0.4) is 0 Å². The Bertz CT molecular complexity index is 1350. The number of rotatable bonds is 6. The maximum atomic E-state index is 15.0. The molecule has 1 heterocycles. The number of ether oxygens (including phenoxy) is 3. The number of carbonyl (C=O) groups is 2. The highest BCUT2D eigenvalue weighted by atomic mass is 79.9. The molecule has 198 valence electrons. The van der Waals surface area contributed by atoms with Gasteiger partial charge in [0.15, 0.2) is 0 Å². The van der Waals surface area contributed by atoms with E-state index in [0.29, 0.717) is 41.7 Å². The average molecular weight is 576 g/mol. The molecule has 0 aliphatic heterocycles. The summed E-state index contributed by atoms with van der Waals surface area (Å²) in [6.45, 7) is 5.61. The van der Waals surface area contributed by atoms with E-state index in [1.165, 1.54) is 6.07 Å². The summed E-state index contributed by atoms with van der Waals surface area (Å²) in [6.07, 6.45) is 1.33. The minimum atomic E-state index is -0.602. The van der Waals surface area contributed by atoms with E-state index < -0.39 is 23.4 Å². The summed E-state index contributed by atoms with van der Waals surface area (Å²) >= 11 is 3.37. The van der Waals surface area contributed by atoms with Crippen molar-refractivity contribution in [1.82, 2.24) is 15.6 Å². The second-order valence-corrected chi connectivity index (χ2v) is 10.8. The number of hydrogen-bond donors (Lipinski definition) is 3. The summed E-state index contributed by atoms with van der Waals surface area (Å²) in [5.41, 5.74) is 2.71. The zero-order valence-corrected chi connectivity index (χ0v) is 23.1. The number of amides is 2. The van der Waals surface area contributed by atoms with Crippen LogP contribution in [0, 0.1) is 5.82 Å². The molecule has 3 aromatic rings. The topological polar surface area (TPSA) is 102 Å². The lowest BCUT2D eigenvalue weighted by molar-refractivity contribution is 0.0500. The Balaban J connectivity index is 1.59. The number of aromatic amines is 1. The van der Waals surface area contributed by atoms with E-state index in [4.69, 9.17) is 14.2 Å². The Morgan fingerprint density at radius 2 is 1.95 bits per heavy atom. The smallest absolute Gasteiger partial charge is 0.407 e. The standard InChI is InChI=1S/C27H31BrFN3O5/c1-27(2,3)37-26(34)31-15-7-9-20-17(10-15)22-23(28)19(29)12-18(24(22)32-20)25(33)30-13-14-6-8-16(35-4)11-21(14)36-5/h6,8,11-12,15,32H,7,9-10,13H2,1-5H3,(H,30,33)(H,31,34). The van der Waals surface area contributed by atoms with E-state index in [9.17, 15) is 9.59 Å². The van der Waals surface area contributed by atoms with Crippen LogP contribution < -0.4 is 20.1 Å². The second kappa shape index (κ2) is 10.6. The van der Waals surface area contributed by atoms with Gasteiger partial charge in [0.05, 0.1) is 29.8 Å². The molecule has 10 heteroatoms. The van der Waals surface area contributed by atoms with Crippen molar-refractivity contribution in [2.24, 2.45) is 0 Å². The highest BCUT2D eigenvalue weighted by Gasteiger charge is 2.29. The molecule has 0 spiro atoms. The molecule has 0 bridgehead atoms. The van der Waals surface area contributed by atoms with Crippen molar-refractivity contribution >= 4 is 38.8 Å². The van der Waals surface area contributed by atoms with Crippen LogP contribution in [-0.2, 0) is 24.1 Å². The SMILES string of the molecule is COc1ccc(CNC(=O)c2cc(F)c(Br)c3c4c([nH]c23)CCC(NC(=O)OC(C)(C)C)C4)c(OC)c1. The van der Waals surface area contributed by atoms with Crippen LogP contribution in [-0.4, -0.2) is 42.8 Å². The number of alkyl carbamates (subject to hydrolysis) is 1. The third-order valence-electron chi connectivity index (χ3n) is 6.25. The first kappa shape index (κ1) is 26.8. The molecule has 3 N–H and O–H groups in total. The molecule has 0 saturated heterocycles. The quantitative estimate of drug-likeness (QED) is 0.365. The fraction of sp³-hybridized carbons (Fsp3) is 0.407. The number of aromatic nitrogens is 1. The van der Waals surface area contributed by atoms with Crippen molar-refractivity contribution < 1.29 is 28.2 Å². The van der Waals surface area contributed by atoms with Gasteiger partial charge in [0.2, 0.25) is 0 Å². The van der Waals surface area contributed by atoms with Gasteiger partial charge in [0.1, 0.15) is 22.9 Å². The number of methoxy groups -OCH3 is 2. The van der Waals surface area contributed by atoms with Crippen LogP contribution in [0.5, 0.6) is 11.5 Å². The third kappa shape index (κ3) is 5.84. The van der Waals surface area contributed by atoms with E-state index in [1.54, 1.807) is 32.4 Å². The lowest BCUT2D eigenvalue weighted by Gasteiger charge is -2.26. The van der Waals surface area contributed by atoms with Gasteiger partial charge >= 0.3 is 6.09 Å². The second-order valence-electron chi connectivity index (χ2n) is 10.00. The molecule has 0 radical (unpaired) electrons. The fourth-order valence-corrected chi connectivity index (χ4v) is 5.12. The summed E-state index contributed by atoms with van der Waals surface area (Å²) < 4.78 is 31.3. The number of nitrogens with one attached hydrogen (secondary N) is 3. The van der Waals surface area contributed by atoms with Crippen LogP contribution in [0.15, 0.2) is 28.7 Å². The van der Waals surface area contributed by atoms with Crippen LogP contribution in [0.1, 0.15) is 54.4 Å². The molecule has 1 aromatic heterocycles. The maximum Gasteiger partial charge on any atom is 0.407 e. The van der Waals surface area contributed by atoms with Gasteiger partial charge in [-0.1, -0.05) is 0 Å². The predicted molar refractivity (Wildman–Crippen MR) is 142 cm³/mol.